The highest BCUT2D eigenvalue weighted by molar-refractivity contribution is 6.05. The summed E-state index contributed by atoms with van der Waals surface area (Å²) in [4.78, 5) is 36.4. The minimum Gasteiger partial charge on any atom is -0.481 e. The van der Waals surface area contributed by atoms with Crippen LogP contribution in [-0.2, 0) is 17.4 Å². The Morgan fingerprint density at radius 1 is 0.919 bits per heavy atom. The second-order valence-electron chi connectivity index (χ2n) is 8.95. The number of Topliss-reactive ketones (excluding diaryl/α,β-unsaturated/α-hetero) is 1. The number of hydrogen-bond acceptors (Lipinski definition) is 4. The Labute approximate surface area is 209 Å². The first-order chi connectivity index (χ1) is 17.5. The van der Waals surface area contributed by atoms with Crippen LogP contribution in [0.4, 0.5) is 29.3 Å². The molecular formula is C27H23F3N2O5. The molecule has 4 rings (SSSR count). The topological polar surface area (TPSA) is 116 Å². The molecule has 0 saturated carbocycles. The van der Waals surface area contributed by atoms with E-state index < -0.39 is 42.2 Å². The molecule has 4 N–H and O–H groups in total. The molecule has 3 aromatic rings. The van der Waals surface area contributed by atoms with Crippen molar-refractivity contribution in [2.75, 3.05) is 17.2 Å². The summed E-state index contributed by atoms with van der Waals surface area (Å²) in [5.41, 5.74) is 0.996. The molecule has 7 nitrogen and oxygen atoms in total. The van der Waals surface area contributed by atoms with E-state index in [9.17, 15) is 37.8 Å². The Balaban J connectivity index is 1.45. The number of rotatable bonds is 6. The summed E-state index contributed by atoms with van der Waals surface area (Å²) in [7, 11) is 0. The van der Waals surface area contributed by atoms with E-state index in [0.717, 1.165) is 28.8 Å². The van der Waals surface area contributed by atoms with Crippen molar-refractivity contribution in [2.45, 2.75) is 25.4 Å². The maximum atomic E-state index is 13.0. The maximum Gasteiger partial charge on any atom is 0.416 e. The van der Waals surface area contributed by atoms with Crippen molar-refractivity contribution in [1.82, 2.24) is 0 Å². The summed E-state index contributed by atoms with van der Waals surface area (Å²) >= 11 is 0. The molecule has 1 aliphatic carbocycles. The van der Waals surface area contributed by atoms with Gasteiger partial charge in [-0.2, -0.15) is 13.2 Å². The molecule has 0 aromatic heterocycles. The number of halogens is 3. The number of aliphatic hydroxyl groups excluding tert-OH is 1. The number of carbonyl (C=O) groups excluding carboxylic acids is 2. The fraction of sp³-hybridized carbons (Fsp3) is 0.222. The predicted molar refractivity (Wildman–Crippen MR) is 130 cm³/mol. The van der Waals surface area contributed by atoms with E-state index in [2.05, 4.69) is 10.6 Å². The number of hydrogen-bond donors (Lipinski definition) is 4. The van der Waals surface area contributed by atoms with Gasteiger partial charge in [0.25, 0.3) is 0 Å². The first kappa shape index (κ1) is 25.9. The van der Waals surface area contributed by atoms with E-state index in [1.54, 1.807) is 36.4 Å². The third-order valence-corrected chi connectivity index (χ3v) is 6.42. The highest BCUT2D eigenvalue weighted by Gasteiger charge is 2.43. The molecule has 0 aliphatic heterocycles. The molecule has 2 amide bonds. The lowest BCUT2D eigenvalue weighted by atomic mass is 9.68. The Morgan fingerprint density at radius 2 is 1.59 bits per heavy atom. The maximum absolute atomic E-state index is 13.0. The third-order valence-electron chi connectivity index (χ3n) is 6.42. The number of ketones is 1. The standard InChI is InChI=1S/C27H23F3N2O5/c28-27(29,30)19-2-1-3-21(13-19)32-25(37)31-20-7-4-16(5-8-20)17-6-9-22-18(12-17)10-11-26(15-33,24(22)36)14-23(34)35/h1-9,12-13,33H,10-11,14-15H2,(H,34,35)(H2,31,32,37). The van der Waals surface area contributed by atoms with Crippen molar-refractivity contribution in [2.24, 2.45) is 5.41 Å². The van der Waals surface area contributed by atoms with Gasteiger partial charge in [0.05, 0.1) is 24.0 Å². The molecule has 3 aromatic carbocycles. The fourth-order valence-corrected chi connectivity index (χ4v) is 4.45. The number of amides is 2. The van der Waals surface area contributed by atoms with Gasteiger partial charge in [0.2, 0.25) is 0 Å². The van der Waals surface area contributed by atoms with Crippen LogP contribution < -0.4 is 10.6 Å². The van der Waals surface area contributed by atoms with Crippen LogP contribution in [0.2, 0.25) is 0 Å². The van der Waals surface area contributed by atoms with E-state index in [4.69, 9.17) is 0 Å². The zero-order valence-electron chi connectivity index (χ0n) is 19.4. The van der Waals surface area contributed by atoms with Crippen LogP contribution in [0.5, 0.6) is 0 Å². The van der Waals surface area contributed by atoms with Gasteiger partial charge in [0, 0.05) is 16.9 Å². The molecule has 1 atom stereocenters. The number of aryl methyl sites for hydroxylation is 1. The second-order valence-corrected chi connectivity index (χ2v) is 8.95. The average molecular weight is 512 g/mol. The summed E-state index contributed by atoms with van der Waals surface area (Å²) < 4.78 is 38.6. The lowest BCUT2D eigenvalue weighted by Crippen LogP contribution is -2.41. The smallest absolute Gasteiger partial charge is 0.416 e. The van der Waals surface area contributed by atoms with Crippen LogP contribution >= 0.6 is 0 Å². The predicted octanol–water partition coefficient (Wildman–Crippen LogP) is 5.60. The molecule has 0 heterocycles. The van der Waals surface area contributed by atoms with Crippen LogP contribution in [0.25, 0.3) is 11.1 Å². The Kier molecular flexibility index (Phi) is 7.04. The monoisotopic (exact) mass is 512 g/mol. The zero-order valence-corrected chi connectivity index (χ0v) is 19.4. The van der Waals surface area contributed by atoms with E-state index in [0.29, 0.717) is 17.7 Å². The summed E-state index contributed by atoms with van der Waals surface area (Å²) in [5.74, 6) is -1.52. The molecule has 1 aliphatic rings. The molecule has 1 unspecified atom stereocenters. The number of urea groups is 1. The summed E-state index contributed by atoms with van der Waals surface area (Å²) in [5, 5.41) is 23.9. The first-order valence-corrected chi connectivity index (χ1v) is 11.4. The van der Waals surface area contributed by atoms with Crippen molar-refractivity contribution in [1.29, 1.82) is 0 Å². The average Bonchev–Trinajstić information content (AvgIpc) is 2.85. The number of nitrogens with one attached hydrogen (secondary N) is 2. The van der Waals surface area contributed by atoms with E-state index >= 15 is 0 Å². The molecule has 37 heavy (non-hydrogen) atoms. The van der Waals surface area contributed by atoms with Gasteiger partial charge in [0.15, 0.2) is 5.78 Å². The lowest BCUT2D eigenvalue weighted by molar-refractivity contribution is -0.140. The second kappa shape index (κ2) is 10.1. The van der Waals surface area contributed by atoms with E-state index in [1.165, 1.54) is 12.1 Å². The number of anilines is 2. The first-order valence-electron chi connectivity index (χ1n) is 11.4. The Hall–Kier alpha value is -4.18. The van der Waals surface area contributed by atoms with Gasteiger partial charge >= 0.3 is 18.2 Å². The number of fused-ring (bicyclic) bond motifs is 1. The molecule has 0 fully saturated rings. The molecule has 0 bridgehead atoms. The quantitative estimate of drug-likeness (QED) is 0.343. The van der Waals surface area contributed by atoms with Gasteiger partial charge in [-0.05, 0) is 59.9 Å². The van der Waals surface area contributed by atoms with E-state index in [-0.39, 0.29) is 17.9 Å². The number of aliphatic hydroxyl groups is 1. The third kappa shape index (κ3) is 5.64. The van der Waals surface area contributed by atoms with Crippen molar-refractivity contribution < 1.29 is 37.8 Å². The lowest BCUT2D eigenvalue weighted by Gasteiger charge is -2.34. The van der Waals surface area contributed by atoms with Gasteiger partial charge in [0.1, 0.15) is 0 Å². The van der Waals surface area contributed by atoms with Crippen molar-refractivity contribution in [3.63, 3.8) is 0 Å². The molecule has 10 heteroatoms. The number of carboxylic acids is 1. The summed E-state index contributed by atoms with van der Waals surface area (Å²) in [6.45, 7) is -0.533. The SMILES string of the molecule is O=C(O)CC1(CO)CCc2cc(-c3ccc(NC(=O)Nc4cccc(C(F)(F)F)c4)cc3)ccc2C1=O. The van der Waals surface area contributed by atoms with Gasteiger partial charge < -0.3 is 20.8 Å². The van der Waals surface area contributed by atoms with E-state index in [1.807, 2.05) is 6.07 Å². The van der Waals surface area contributed by atoms with Crippen LogP contribution in [0, 0.1) is 5.41 Å². The zero-order chi connectivity index (χ0) is 26.8. The number of benzene rings is 3. The van der Waals surface area contributed by atoms with Gasteiger partial charge in [-0.3, -0.25) is 9.59 Å². The molecule has 0 spiro atoms. The van der Waals surface area contributed by atoms with Gasteiger partial charge in [-0.1, -0.05) is 36.4 Å². The van der Waals surface area contributed by atoms with Crippen molar-refractivity contribution >= 4 is 29.2 Å². The summed E-state index contributed by atoms with van der Waals surface area (Å²) in [6.07, 6.45) is -4.28. The van der Waals surface area contributed by atoms with Crippen molar-refractivity contribution in [3.8, 4) is 11.1 Å². The van der Waals surface area contributed by atoms with Crippen molar-refractivity contribution in [3.05, 3.63) is 83.4 Å². The number of carbonyl (C=O) groups is 3. The fourth-order valence-electron chi connectivity index (χ4n) is 4.45. The molecular weight excluding hydrogens is 489 g/mol. The van der Waals surface area contributed by atoms with Crippen LogP contribution in [0.15, 0.2) is 66.7 Å². The Morgan fingerprint density at radius 3 is 2.24 bits per heavy atom. The number of aliphatic carboxylic acids is 1. The molecule has 0 saturated heterocycles. The van der Waals surface area contributed by atoms with Crippen LogP contribution in [0.1, 0.15) is 34.3 Å². The van der Waals surface area contributed by atoms with Gasteiger partial charge in [-0.15, -0.1) is 0 Å². The number of carboxylic acid groups (broad SMARTS) is 1. The summed E-state index contributed by atoms with van der Waals surface area (Å²) in [6, 6.07) is 15.6. The van der Waals surface area contributed by atoms with Crippen LogP contribution in [0.3, 0.4) is 0 Å². The van der Waals surface area contributed by atoms with Crippen LogP contribution in [-0.4, -0.2) is 34.6 Å². The highest BCUT2D eigenvalue weighted by atomic mass is 19.4. The van der Waals surface area contributed by atoms with Gasteiger partial charge in [-0.25, -0.2) is 4.79 Å². The molecule has 0 radical (unpaired) electrons. The normalized spacial score (nSPS) is 17.1. The minimum atomic E-state index is -4.52. The largest absolute Gasteiger partial charge is 0.481 e. The minimum absolute atomic E-state index is 0.00104. The highest BCUT2D eigenvalue weighted by Crippen LogP contribution is 2.39. The number of alkyl halides is 3. The molecule has 192 valence electrons. The Bertz CT molecular complexity index is 1350.